The third kappa shape index (κ3) is 2.92. The Morgan fingerprint density at radius 3 is 2.78 bits per heavy atom. The molecule has 1 aromatic heterocycles. The third-order valence-corrected chi connectivity index (χ3v) is 2.37. The molecule has 0 aliphatic rings. The molecule has 0 aliphatic carbocycles. The smallest absolute Gasteiger partial charge is 0.255 e. The highest BCUT2D eigenvalue weighted by Gasteiger charge is 2.06. The van der Waals surface area contributed by atoms with Crippen molar-refractivity contribution in [3.63, 3.8) is 0 Å². The first-order valence-electron chi connectivity index (χ1n) is 5.48. The van der Waals surface area contributed by atoms with Crippen LogP contribution in [0, 0.1) is 11.3 Å². The zero-order valence-corrected chi connectivity index (χ0v) is 9.63. The number of hydrogen-bond donors (Lipinski definition) is 1. The van der Waals surface area contributed by atoms with Gasteiger partial charge in [0.25, 0.3) is 5.91 Å². The summed E-state index contributed by atoms with van der Waals surface area (Å²) in [5.41, 5.74) is 1.83. The molecule has 2 aromatic rings. The lowest BCUT2D eigenvalue weighted by atomic mass is 10.2. The highest BCUT2D eigenvalue weighted by Crippen LogP contribution is 2.09. The van der Waals surface area contributed by atoms with Crippen molar-refractivity contribution in [1.29, 1.82) is 5.26 Å². The van der Waals surface area contributed by atoms with E-state index in [0.717, 1.165) is 5.69 Å². The normalized spacial score (nSPS) is 9.50. The number of rotatable bonds is 3. The second-order valence-corrected chi connectivity index (χ2v) is 3.69. The molecule has 0 aliphatic heterocycles. The third-order valence-electron chi connectivity index (χ3n) is 2.37. The molecule has 4 heteroatoms. The quantitative estimate of drug-likeness (QED) is 0.891. The predicted octanol–water partition coefficient (Wildman–Crippen LogP) is 2.40. The van der Waals surface area contributed by atoms with Gasteiger partial charge in [-0.1, -0.05) is 18.2 Å². The number of nitrogens with one attached hydrogen (secondary N) is 1. The fraction of sp³-hybridized carbons (Fsp3) is 0.0714. The maximum absolute atomic E-state index is 11.9. The number of carbonyl (C=O) groups is 1. The summed E-state index contributed by atoms with van der Waals surface area (Å²) in [5, 5.41) is 11.4. The molecule has 1 amide bonds. The molecule has 0 bridgehead atoms. The van der Waals surface area contributed by atoms with Gasteiger partial charge in [0.1, 0.15) is 0 Å². The zero-order chi connectivity index (χ0) is 12.8. The number of nitrogens with zero attached hydrogens (tertiary/aromatic N) is 2. The summed E-state index contributed by atoms with van der Waals surface area (Å²) in [6, 6.07) is 14.5. The molecular formula is C14H11N3O. The largest absolute Gasteiger partial charge is 0.322 e. The van der Waals surface area contributed by atoms with Crippen LogP contribution < -0.4 is 5.32 Å². The van der Waals surface area contributed by atoms with Gasteiger partial charge in [0, 0.05) is 17.4 Å². The monoisotopic (exact) mass is 237 g/mol. The lowest BCUT2D eigenvalue weighted by molar-refractivity contribution is 0.102. The molecule has 0 saturated heterocycles. The molecule has 4 nitrogen and oxygen atoms in total. The van der Waals surface area contributed by atoms with Crippen molar-refractivity contribution in [2.24, 2.45) is 0 Å². The van der Waals surface area contributed by atoms with Gasteiger partial charge in [-0.25, -0.2) is 0 Å². The van der Waals surface area contributed by atoms with Crippen LogP contribution in [0.1, 0.15) is 16.1 Å². The summed E-state index contributed by atoms with van der Waals surface area (Å²) < 4.78 is 0. The number of para-hydroxylation sites is 1. The van der Waals surface area contributed by atoms with Gasteiger partial charge in [-0.2, -0.15) is 5.26 Å². The minimum Gasteiger partial charge on any atom is -0.322 e. The molecule has 0 unspecified atom stereocenters. The Balaban J connectivity index is 2.14. The molecule has 0 radical (unpaired) electrons. The van der Waals surface area contributed by atoms with Gasteiger partial charge in [0.05, 0.1) is 18.2 Å². The molecule has 1 aromatic carbocycles. The van der Waals surface area contributed by atoms with Gasteiger partial charge in [-0.15, -0.1) is 0 Å². The van der Waals surface area contributed by atoms with E-state index >= 15 is 0 Å². The summed E-state index contributed by atoms with van der Waals surface area (Å²) in [5.74, 6) is -0.206. The summed E-state index contributed by atoms with van der Waals surface area (Å²) in [6.07, 6.45) is 1.74. The van der Waals surface area contributed by atoms with E-state index < -0.39 is 0 Å². The van der Waals surface area contributed by atoms with Crippen LogP contribution in [0.2, 0.25) is 0 Å². The zero-order valence-electron chi connectivity index (χ0n) is 9.63. The van der Waals surface area contributed by atoms with Gasteiger partial charge in [-0.05, 0) is 24.3 Å². The molecular weight excluding hydrogens is 226 g/mol. The Labute approximate surface area is 105 Å². The van der Waals surface area contributed by atoms with Crippen molar-refractivity contribution < 1.29 is 4.79 Å². The lowest BCUT2D eigenvalue weighted by Crippen LogP contribution is -2.12. The van der Waals surface area contributed by atoms with Crippen LogP contribution in [-0.2, 0) is 6.42 Å². The standard InChI is InChI=1S/C14H11N3O/c15-8-6-13-10-11(7-9-16-13)14(18)17-12-4-2-1-3-5-12/h1-5,7,9-10H,6H2,(H,17,18). The van der Waals surface area contributed by atoms with Crippen LogP contribution in [0.25, 0.3) is 0 Å². The molecule has 0 saturated carbocycles. The fourth-order valence-corrected chi connectivity index (χ4v) is 1.52. The summed E-state index contributed by atoms with van der Waals surface area (Å²) in [7, 11) is 0. The maximum atomic E-state index is 11.9. The van der Waals surface area contributed by atoms with E-state index in [1.165, 1.54) is 6.20 Å². The van der Waals surface area contributed by atoms with Crippen molar-refractivity contribution in [2.45, 2.75) is 6.42 Å². The number of aromatic nitrogens is 1. The number of carbonyl (C=O) groups excluding carboxylic acids is 1. The average molecular weight is 237 g/mol. The van der Waals surface area contributed by atoms with Gasteiger partial charge in [0.2, 0.25) is 0 Å². The molecule has 0 atom stereocenters. The minimum atomic E-state index is -0.206. The van der Waals surface area contributed by atoms with E-state index in [-0.39, 0.29) is 12.3 Å². The molecule has 1 N–H and O–H groups in total. The van der Waals surface area contributed by atoms with Crippen molar-refractivity contribution in [3.05, 3.63) is 59.9 Å². The molecule has 18 heavy (non-hydrogen) atoms. The fourth-order valence-electron chi connectivity index (χ4n) is 1.52. The van der Waals surface area contributed by atoms with E-state index in [0.29, 0.717) is 11.3 Å². The van der Waals surface area contributed by atoms with E-state index in [9.17, 15) is 4.79 Å². The molecule has 0 fully saturated rings. The van der Waals surface area contributed by atoms with Gasteiger partial charge >= 0.3 is 0 Å². The first kappa shape index (κ1) is 11.8. The highest BCUT2D eigenvalue weighted by atomic mass is 16.1. The number of amides is 1. The summed E-state index contributed by atoms with van der Waals surface area (Å²) in [6.45, 7) is 0. The second kappa shape index (κ2) is 5.60. The van der Waals surface area contributed by atoms with Crippen molar-refractivity contribution in [1.82, 2.24) is 4.98 Å². The number of nitriles is 1. The van der Waals surface area contributed by atoms with Gasteiger partial charge < -0.3 is 5.32 Å². The average Bonchev–Trinajstić information content (AvgIpc) is 2.40. The lowest BCUT2D eigenvalue weighted by Gasteiger charge is -2.05. The van der Waals surface area contributed by atoms with Crippen LogP contribution in [0.3, 0.4) is 0 Å². The Morgan fingerprint density at radius 1 is 1.28 bits per heavy atom. The van der Waals surface area contributed by atoms with Crippen LogP contribution in [-0.4, -0.2) is 10.9 Å². The van der Waals surface area contributed by atoms with Crippen molar-refractivity contribution in [3.8, 4) is 6.07 Å². The van der Waals surface area contributed by atoms with E-state index in [2.05, 4.69) is 10.3 Å². The Morgan fingerprint density at radius 2 is 2.06 bits per heavy atom. The Hall–Kier alpha value is -2.67. The van der Waals surface area contributed by atoms with Gasteiger partial charge in [-0.3, -0.25) is 9.78 Å². The number of hydrogen-bond acceptors (Lipinski definition) is 3. The molecule has 88 valence electrons. The number of anilines is 1. The van der Waals surface area contributed by atoms with Crippen LogP contribution in [0.15, 0.2) is 48.7 Å². The van der Waals surface area contributed by atoms with E-state index in [1.54, 1.807) is 12.1 Å². The Bertz CT molecular complexity index is 587. The van der Waals surface area contributed by atoms with Gasteiger partial charge in [0.15, 0.2) is 0 Å². The SMILES string of the molecule is N#CCc1cc(C(=O)Nc2ccccc2)ccn1. The van der Waals surface area contributed by atoms with E-state index in [1.807, 2.05) is 36.4 Å². The maximum Gasteiger partial charge on any atom is 0.255 e. The van der Waals surface area contributed by atoms with Crippen LogP contribution in [0.4, 0.5) is 5.69 Å². The van der Waals surface area contributed by atoms with Crippen LogP contribution >= 0.6 is 0 Å². The summed E-state index contributed by atoms with van der Waals surface area (Å²) in [4.78, 5) is 16.0. The van der Waals surface area contributed by atoms with Crippen molar-refractivity contribution >= 4 is 11.6 Å². The first-order valence-corrected chi connectivity index (χ1v) is 5.48. The highest BCUT2D eigenvalue weighted by molar-refractivity contribution is 6.04. The molecule has 2 rings (SSSR count). The Kier molecular flexibility index (Phi) is 3.67. The topological polar surface area (TPSA) is 65.8 Å². The number of pyridine rings is 1. The molecule has 1 heterocycles. The number of benzene rings is 1. The second-order valence-electron chi connectivity index (χ2n) is 3.69. The van der Waals surface area contributed by atoms with E-state index in [4.69, 9.17) is 5.26 Å². The van der Waals surface area contributed by atoms with Crippen LogP contribution in [0.5, 0.6) is 0 Å². The predicted molar refractivity (Wildman–Crippen MR) is 67.9 cm³/mol. The minimum absolute atomic E-state index is 0.201. The first-order chi connectivity index (χ1) is 8.79. The van der Waals surface area contributed by atoms with Crippen molar-refractivity contribution in [2.75, 3.05) is 5.32 Å². The molecule has 0 spiro atoms. The summed E-state index contributed by atoms with van der Waals surface area (Å²) >= 11 is 0.